The van der Waals surface area contributed by atoms with Crippen molar-refractivity contribution in [3.05, 3.63) is 54.0 Å². The third-order valence-electron chi connectivity index (χ3n) is 4.60. The molecule has 3 rings (SSSR count). The molecule has 0 bridgehead atoms. The first-order chi connectivity index (χ1) is 12.3. The number of nitrogens with one attached hydrogen (secondary N) is 1. The van der Waals surface area contributed by atoms with Crippen LogP contribution >= 0.6 is 0 Å². The Balaban J connectivity index is 1.55. The zero-order valence-corrected chi connectivity index (χ0v) is 14.6. The van der Waals surface area contributed by atoms with E-state index < -0.39 is 0 Å². The van der Waals surface area contributed by atoms with Gasteiger partial charge in [0.1, 0.15) is 6.07 Å². The lowest BCUT2D eigenvalue weighted by Crippen LogP contribution is -2.47. The highest BCUT2D eigenvalue weighted by Crippen LogP contribution is 2.24. The number of likely N-dealkylation sites (N-methyl/N-ethyl adjacent to an activating group) is 1. The molecule has 0 saturated carbocycles. The summed E-state index contributed by atoms with van der Waals surface area (Å²) in [6.45, 7) is 5.02. The Kier molecular flexibility index (Phi) is 5.94. The van der Waals surface area contributed by atoms with Crippen LogP contribution in [0.25, 0.3) is 0 Å². The van der Waals surface area contributed by atoms with E-state index in [-0.39, 0.29) is 0 Å². The molecule has 6 nitrogen and oxygen atoms in total. The summed E-state index contributed by atoms with van der Waals surface area (Å²) in [5.41, 5.74) is 1.73. The quantitative estimate of drug-likeness (QED) is 0.815. The van der Waals surface area contributed by atoms with E-state index in [1.54, 1.807) is 12.4 Å². The highest BCUT2D eigenvalue weighted by molar-refractivity contribution is 5.46. The molecule has 1 N–H and O–H groups in total. The molecule has 1 saturated heterocycles. The second kappa shape index (κ2) is 8.56. The summed E-state index contributed by atoms with van der Waals surface area (Å²) in [6.07, 6.45) is 4.14. The zero-order valence-electron chi connectivity index (χ0n) is 14.6. The van der Waals surface area contributed by atoms with Gasteiger partial charge in [0.25, 0.3) is 0 Å². The molecular formula is C19H24N6. The average molecular weight is 336 g/mol. The van der Waals surface area contributed by atoms with Crippen molar-refractivity contribution in [2.45, 2.75) is 12.5 Å². The standard InChI is InChI=1S/C19H24N6/c1-24-12-13-25(18(15-24)16-6-3-2-4-7-16)11-5-8-22-19-17(14-20)21-9-10-23-19/h2-4,6-7,9-10,18H,5,8,11-13,15H2,1H3,(H,22,23). The number of nitriles is 1. The van der Waals surface area contributed by atoms with Gasteiger partial charge >= 0.3 is 0 Å². The predicted octanol–water partition coefficient (Wildman–Crippen LogP) is 2.14. The first kappa shape index (κ1) is 17.3. The molecule has 25 heavy (non-hydrogen) atoms. The Morgan fingerprint density at radius 1 is 1.20 bits per heavy atom. The first-order valence-electron chi connectivity index (χ1n) is 8.70. The van der Waals surface area contributed by atoms with Crippen molar-refractivity contribution in [3.63, 3.8) is 0 Å². The summed E-state index contributed by atoms with van der Waals surface area (Å²) in [5, 5.41) is 12.3. The van der Waals surface area contributed by atoms with Crippen LogP contribution in [0.15, 0.2) is 42.7 Å². The molecule has 1 aromatic heterocycles. The van der Waals surface area contributed by atoms with E-state index in [1.807, 2.05) is 0 Å². The molecule has 1 aliphatic rings. The number of hydrogen-bond acceptors (Lipinski definition) is 6. The van der Waals surface area contributed by atoms with E-state index in [0.29, 0.717) is 17.6 Å². The van der Waals surface area contributed by atoms with Crippen LogP contribution in [0.5, 0.6) is 0 Å². The van der Waals surface area contributed by atoms with Crippen LogP contribution in [0, 0.1) is 11.3 Å². The Morgan fingerprint density at radius 2 is 2.00 bits per heavy atom. The van der Waals surface area contributed by atoms with Gasteiger partial charge in [-0.1, -0.05) is 30.3 Å². The lowest BCUT2D eigenvalue weighted by molar-refractivity contribution is 0.0896. The maximum atomic E-state index is 9.06. The number of rotatable bonds is 6. The van der Waals surface area contributed by atoms with Gasteiger partial charge < -0.3 is 10.2 Å². The van der Waals surface area contributed by atoms with Crippen LogP contribution in [0.3, 0.4) is 0 Å². The minimum atomic E-state index is 0.351. The van der Waals surface area contributed by atoms with Crippen molar-refractivity contribution in [2.75, 3.05) is 45.1 Å². The first-order valence-corrected chi connectivity index (χ1v) is 8.70. The molecule has 1 fully saturated rings. The molecule has 130 valence electrons. The molecular weight excluding hydrogens is 312 g/mol. The van der Waals surface area contributed by atoms with Gasteiger partial charge in [-0.25, -0.2) is 9.97 Å². The Morgan fingerprint density at radius 3 is 2.80 bits per heavy atom. The van der Waals surface area contributed by atoms with Crippen molar-refractivity contribution in [2.24, 2.45) is 0 Å². The maximum absolute atomic E-state index is 9.06. The Bertz CT molecular complexity index is 711. The molecule has 1 unspecified atom stereocenters. The lowest BCUT2D eigenvalue weighted by Gasteiger charge is -2.40. The van der Waals surface area contributed by atoms with Gasteiger partial charge in [0, 0.05) is 51.2 Å². The summed E-state index contributed by atoms with van der Waals surface area (Å²) < 4.78 is 0. The van der Waals surface area contributed by atoms with E-state index in [4.69, 9.17) is 5.26 Å². The van der Waals surface area contributed by atoms with E-state index in [0.717, 1.165) is 39.1 Å². The maximum Gasteiger partial charge on any atom is 0.182 e. The van der Waals surface area contributed by atoms with E-state index >= 15 is 0 Å². The Labute approximate surface area is 149 Å². The number of hydrogen-bond donors (Lipinski definition) is 1. The zero-order chi connectivity index (χ0) is 17.5. The van der Waals surface area contributed by atoms with Gasteiger partial charge in [0.05, 0.1) is 0 Å². The monoisotopic (exact) mass is 336 g/mol. The van der Waals surface area contributed by atoms with E-state index in [2.05, 4.69) is 68.5 Å². The number of piperazine rings is 1. The normalized spacial score (nSPS) is 18.6. The van der Waals surface area contributed by atoms with Crippen LogP contribution in [-0.2, 0) is 0 Å². The summed E-state index contributed by atoms with van der Waals surface area (Å²) >= 11 is 0. The predicted molar refractivity (Wildman–Crippen MR) is 98.1 cm³/mol. The molecule has 0 radical (unpaired) electrons. The minimum absolute atomic E-state index is 0.351. The van der Waals surface area contributed by atoms with Gasteiger partial charge in [-0.2, -0.15) is 5.26 Å². The van der Waals surface area contributed by atoms with Crippen LogP contribution in [0.1, 0.15) is 23.7 Å². The fraction of sp³-hybridized carbons (Fsp3) is 0.421. The van der Waals surface area contributed by atoms with Crippen molar-refractivity contribution in [1.29, 1.82) is 5.26 Å². The minimum Gasteiger partial charge on any atom is -0.368 e. The van der Waals surface area contributed by atoms with Gasteiger partial charge in [-0.3, -0.25) is 4.90 Å². The lowest BCUT2D eigenvalue weighted by atomic mass is 10.0. The van der Waals surface area contributed by atoms with Gasteiger partial charge in [-0.15, -0.1) is 0 Å². The van der Waals surface area contributed by atoms with Gasteiger partial charge in [-0.05, 0) is 19.0 Å². The van der Waals surface area contributed by atoms with Crippen LogP contribution < -0.4 is 5.32 Å². The number of nitrogens with zero attached hydrogens (tertiary/aromatic N) is 5. The van der Waals surface area contributed by atoms with Crippen molar-refractivity contribution in [3.8, 4) is 6.07 Å². The molecule has 1 atom stereocenters. The summed E-state index contributed by atoms with van der Waals surface area (Å²) in [4.78, 5) is 13.2. The topological polar surface area (TPSA) is 68.1 Å². The summed E-state index contributed by atoms with van der Waals surface area (Å²) in [6, 6.07) is 13.2. The summed E-state index contributed by atoms with van der Waals surface area (Å²) in [5.74, 6) is 0.572. The van der Waals surface area contributed by atoms with Crippen molar-refractivity contribution in [1.82, 2.24) is 19.8 Å². The molecule has 0 amide bonds. The third-order valence-corrected chi connectivity index (χ3v) is 4.60. The number of aromatic nitrogens is 2. The Hall–Kier alpha value is -2.49. The average Bonchev–Trinajstić information content (AvgIpc) is 2.67. The third kappa shape index (κ3) is 4.53. The van der Waals surface area contributed by atoms with Crippen LogP contribution in [-0.4, -0.2) is 59.5 Å². The molecule has 0 spiro atoms. The summed E-state index contributed by atoms with van der Waals surface area (Å²) in [7, 11) is 2.19. The second-order valence-electron chi connectivity index (χ2n) is 6.37. The van der Waals surface area contributed by atoms with Gasteiger partial charge in [0.2, 0.25) is 0 Å². The number of anilines is 1. The van der Waals surface area contributed by atoms with Crippen LogP contribution in [0.2, 0.25) is 0 Å². The molecule has 0 aliphatic carbocycles. The highest BCUT2D eigenvalue weighted by Gasteiger charge is 2.25. The SMILES string of the molecule is CN1CCN(CCCNc2nccnc2C#N)C(c2ccccc2)C1. The van der Waals surface area contributed by atoms with Gasteiger partial charge in [0.15, 0.2) is 11.5 Å². The molecule has 1 aromatic carbocycles. The van der Waals surface area contributed by atoms with E-state index in [9.17, 15) is 0 Å². The smallest absolute Gasteiger partial charge is 0.182 e. The van der Waals surface area contributed by atoms with Crippen molar-refractivity contribution < 1.29 is 0 Å². The molecule has 6 heteroatoms. The van der Waals surface area contributed by atoms with Crippen molar-refractivity contribution >= 4 is 5.82 Å². The number of benzene rings is 1. The van der Waals surface area contributed by atoms with Crippen LogP contribution in [0.4, 0.5) is 5.82 Å². The van der Waals surface area contributed by atoms with E-state index in [1.165, 1.54) is 5.56 Å². The molecule has 2 aromatic rings. The fourth-order valence-electron chi connectivity index (χ4n) is 3.25. The largest absolute Gasteiger partial charge is 0.368 e. The molecule has 2 heterocycles. The fourth-order valence-corrected chi connectivity index (χ4v) is 3.25. The highest BCUT2D eigenvalue weighted by atomic mass is 15.3. The molecule has 1 aliphatic heterocycles. The second-order valence-corrected chi connectivity index (χ2v) is 6.37.